The average Bonchev–Trinajstić information content (AvgIpc) is 2.66. The maximum Gasteiger partial charge on any atom is 0.187 e. The van der Waals surface area contributed by atoms with Crippen molar-refractivity contribution in [1.29, 1.82) is 0 Å². The topological polar surface area (TPSA) is 50.2 Å². The Kier molecular flexibility index (Phi) is 1.17. The summed E-state index contributed by atoms with van der Waals surface area (Å²) >= 11 is 0. The van der Waals surface area contributed by atoms with Crippen molar-refractivity contribution in [2.75, 3.05) is 0 Å². The number of aryl methyl sites for hydroxylation is 1. The number of fused-ring (bicyclic) bond motifs is 3. The van der Waals surface area contributed by atoms with Crippen LogP contribution in [0.25, 0.3) is 5.65 Å². The zero-order valence-corrected chi connectivity index (χ0v) is 7.08. The van der Waals surface area contributed by atoms with E-state index in [1.807, 2.05) is 4.52 Å². The molecule has 4 nitrogen and oxygen atoms in total. The lowest BCUT2D eigenvalue weighted by Crippen LogP contribution is -2.11. The van der Waals surface area contributed by atoms with Gasteiger partial charge in [0.1, 0.15) is 6.33 Å². The Hall–Kier alpha value is -1.58. The molecule has 0 aliphatic heterocycles. The summed E-state index contributed by atoms with van der Waals surface area (Å²) in [5.41, 5.74) is 2.94. The molecular weight excluding hydrogens is 166 g/mol. The Bertz CT molecular complexity index is 523. The van der Waals surface area contributed by atoms with E-state index in [0.29, 0.717) is 0 Å². The van der Waals surface area contributed by atoms with Gasteiger partial charge in [-0.2, -0.15) is 0 Å². The van der Waals surface area contributed by atoms with Crippen LogP contribution in [0.1, 0.15) is 17.7 Å². The molecule has 4 heteroatoms. The highest BCUT2D eigenvalue weighted by molar-refractivity contribution is 5.42. The van der Waals surface area contributed by atoms with Crippen molar-refractivity contribution in [3.8, 4) is 0 Å². The Morgan fingerprint density at radius 2 is 2.38 bits per heavy atom. The quantitative estimate of drug-likeness (QED) is 0.634. The van der Waals surface area contributed by atoms with Crippen molar-refractivity contribution < 1.29 is 0 Å². The summed E-state index contributed by atoms with van der Waals surface area (Å²) in [7, 11) is 0. The molecule has 0 bridgehead atoms. The van der Waals surface area contributed by atoms with Crippen LogP contribution in [0, 0.1) is 0 Å². The summed E-state index contributed by atoms with van der Waals surface area (Å²) in [5, 5.41) is 3.01. The molecule has 0 spiro atoms. The normalized spacial score (nSPS) is 15.1. The molecule has 2 heterocycles. The van der Waals surface area contributed by atoms with E-state index in [2.05, 4.69) is 10.1 Å². The van der Waals surface area contributed by atoms with Gasteiger partial charge in [0.25, 0.3) is 0 Å². The summed E-state index contributed by atoms with van der Waals surface area (Å²) in [6, 6.07) is 1.60. The monoisotopic (exact) mass is 175 g/mol. The highest BCUT2D eigenvalue weighted by Gasteiger charge is 2.17. The van der Waals surface area contributed by atoms with Crippen molar-refractivity contribution in [2.45, 2.75) is 19.3 Å². The van der Waals surface area contributed by atoms with Crippen LogP contribution in [0.5, 0.6) is 0 Å². The van der Waals surface area contributed by atoms with E-state index < -0.39 is 0 Å². The molecule has 0 unspecified atom stereocenters. The van der Waals surface area contributed by atoms with E-state index in [1.165, 1.54) is 0 Å². The van der Waals surface area contributed by atoms with Gasteiger partial charge in [-0.05, 0) is 19.3 Å². The van der Waals surface area contributed by atoms with Gasteiger partial charge in [-0.15, -0.1) is 0 Å². The highest BCUT2D eigenvalue weighted by Crippen LogP contribution is 2.18. The third-order valence-corrected chi connectivity index (χ3v) is 2.63. The molecule has 2 aromatic heterocycles. The van der Waals surface area contributed by atoms with Crippen LogP contribution < -0.4 is 5.43 Å². The van der Waals surface area contributed by atoms with Gasteiger partial charge in [-0.3, -0.25) is 9.89 Å². The summed E-state index contributed by atoms with van der Waals surface area (Å²) in [5.74, 6) is 0. The fourth-order valence-electron chi connectivity index (χ4n) is 2.04. The van der Waals surface area contributed by atoms with Gasteiger partial charge in [0, 0.05) is 17.3 Å². The van der Waals surface area contributed by atoms with Crippen LogP contribution >= 0.6 is 0 Å². The molecule has 3 rings (SSSR count). The molecule has 66 valence electrons. The zero-order valence-electron chi connectivity index (χ0n) is 7.08. The Morgan fingerprint density at radius 3 is 3.31 bits per heavy atom. The second-order valence-corrected chi connectivity index (χ2v) is 3.37. The molecule has 0 aromatic carbocycles. The van der Waals surface area contributed by atoms with Crippen molar-refractivity contribution in [3.05, 3.63) is 33.9 Å². The molecule has 1 N–H and O–H groups in total. The van der Waals surface area contributed by atoms with Gasteiger partial charge in [-0.1, -0.05) is 0 Å². The van der Waals surface area contributed by atoms with Crippen molar-refractivity contribution in [3.63, 3.8) is 0 Å². The molecule has 0 amide bonds. The van der Waals surface area contributed by atoms with E-state index in [4.69, 9.17) is 0 Å². The first-order valence-corrected chi connectivity index (χ1v) is 4.43. The van der Waals surface area contributed by atoms with E-state index in [0.717, 1.165) is 36.2 Å². The van der Waals surface area contributed by atoms with Crippen LogP contribution in [0.3, 0.4) is 0 Å². The summed E-state index contributed by atoms with van der Waals surface area (Å²) in [6.07, 6.45) is 4.59. The molecule has 1 aliphatic carbocycles. The second kappa shape index (κ2) is 2.22. The number of hydrogen-bond donors (Lipinski definition) is 1. The van der Waals surface area contributed by atoms with Gasteiger partial charge >= 0.3 is 0 Å². The standard InChI is InChI=1S/C9H9N3O/c13-8-4-9-10-5-11-12(9)7-3-1-2-6(7)8/h4-5H,1-3H2,(H,10,11). The molecule has 0 radical (unpaired) electrons. The SMILES string of the molecule is O=c1cc2nc[nH]n2c2c1CCC2. The lowest BCUT2D eigenvalue weighted by molar-refractivity contribution is 0.843. The first-order valence-electron chi connectivity index (χ1n) is 4.43. The summed E-state index contributed by atoms with van der Waals surface area (Å²) in [6.45, 7) is 0. The number of aromatic nitrogens is 3. The highest BCUT2D eigenvalue weighted by atomic mass is 16.1. The number of hydrogen-bond acceptors (Lipinski definition) is 2. The van der Waals surface area contributed by atoms with Crippen LogP contribution in [-0.4, -0.2) is 14.6 Å². The van der Waals surface area contributed by atoms with Gasteiger partial charge in [0.15, 0.2) is 11.1 Å². The zero-order chi connectivity index (χ0) is 8.84. The predicted octanol–water partition coefficient (Wildman–Crippen LogP) is 0.511. The minimum Gasteiger partial charge on any atom is -0.289 e. The lowest BCUT2D eigenvalue weighted by atomic mass is 10.2. The minimum atomic E-state index is 0.139. The number of rotatable bonds is 0. The van der Waals surface area contributed by atoms with Crippen LogP contribution in [0.2, 0.25) is 0 Å². The number of pyridine rings is 1. The maximum absolute atomic E-state index is 11.6. The maximum atomic E-state index is 11.6. The molecule has 0 atom stereocenters. The van der Waals surface area contributed by atoms with Crippen molar-refractivity contribution >= 4 is 5.65 Å². The largest absolute Gasteiger partial charge is 0.289 e. The molecule has 2 aromatic rings. The summed E-state index contributed by atoms with van der Waals surface area (Å²) < 4.78 is 1.91. The smallest absolute Gasteiger partial charge is 0.187 e. The molecule has 0 saturated heterocycles. The fourth-order valence-corrected chi connectivity index (χ4v) is 2.04. The van der Waals surface area contributed by atoms with Gasteiger partial charge in [0.05, 0.1) is 0 Å². The van der Waals surface area contributed by atoms with E-state index in [9.17, 15) is 4.79 Å². The van der Waals surface area contributed by atoms with Gasteiger partial charge in [0.2, 0.25) is 0 Å². The minimum absolute atomic E-state index is 0.139. The molecule has 1 aliphatic rings. The second-order valence-electron chi connectivity index (χ2n) is 3.37. The third kappa shape index (κ3) is 0.798. The number of nitrogens with zero attached hydrogens (tertiary/aromatic N) is 2. The number of nitrogens with one attached hydrogen (secondary N) is 1. The van der Waals surface area contributed by atoms with Crippen LogP contribution in [0.15, 0.2) is 17.2 Å². The van der Waals surface area contributed by atoms with E-state index in [1.54, 1.807) is 12.4 Å². The molecule has 0 saturated carbocycles. The Balaban J connectivity index is 2.55. The van der Waals surface area contributed by atoms with E-state index in [-0.39, 0.29) is 5.43 Å². The van der Waals surface area contributed by atoms with Crippen molar-refractivity contribution in [2.24, 2.45) is 0 Å². The van der Waals surface area contributed by atoms with Gasteiger partial charge < -0.3 is 0 Å². The first-order chi connectivity index (χ1) is 6.36. The lowest BCUT2D eigenvalue weighted by Gasteiger charge is -2.00. The first kappa shape index (κ1) is 6.88. The summed E-state index contributed by atoms with van der Waals surface area (Å²) in [4.78, 5) is 15.6. The van der Waals surface area contributed by atoms with E-state index >= 15 is 0 Å². The fraction of sp³-hybridized carbons (Fsp3) is 0.333. The number of aromatic amines is 1. The van der Waals surface area contributed by atoms with Gasteiger partial charge in [-0.25, -0.2) is 9.50 Å². The Morgan fingerprint density at radius 1 is 1.46 bits per heavy atom. The average molecular weight is 175 g/mol. The number of H-pyrrole nitrogens is 1. The Labute approximate surface area is 74.2 Å². The van der Waals surface area contributed by atoms with Crippen LogP contribution in [0.4, 0.5) is 0 Å². The van der Waals surface area contributed by atoms with Crippen LogP contribution in [-0.2, 0) is 12.8 Å². The molecule has 0 fully saturated rings. The van der Waals surface area contributed by atoms with Crippen molar-refractivity contribution in [1.82, 2.24) is 14.6 Å². The third-order valence-electron chi connectivity index (χ3n) is 2.63. The molecular formula is C9H9N3O. The molecule has 13 heavy (non-hydrogen) atoms. The predicted molar refractivity (Wildman–Crippen MR) is 47.8 cm³/mol.